The van der Waals surface area contributed by atoms with Crippen molar-refractivity contribution >= 4 is 11.8 Å². The van der Waals surface area contributed by atoms with Crippen LogP contribution in [0, 0.1) is 6.92 Å². The zero-order valence-electron chi connectivity index (χ0n) is 8.49. The molecule has 1 saturated heterocycles. The van der Waals surface area contributed by atoms with Crippen LogP contribution in [0.4, 0.5) is 0 Å². The Morgan fingerprint density at radius 2 is 2.50 bits per heavy atom. The van der Waals surface area contributed by atoms with Crippen LogP contribution in [-0.4, -0.2) is 23.3 Å². The van der Waals surface area contributed by atoms with E-state index in [0.29, 0.717) is 5.25 Å². The van der Waals surface area contributed by atoms with Gasteiger partial charge in [0.1, 0.15) is 0 Å². The molecule has 0 aliphatic carbocycles. The third-order valence-corrected chi connectivity index (χ3v) is 3.63. The summed E-state index contributed by atoms with van der Waals surface area (Å²) >= 11 is 1.91. The highest BCUT2D eigenvalue weighted by atomic mass is 32.2. The first kappa shape index (κ1) is 9.99. The molecule has 1 aromatic rings. The van der Waals surface area contributed by atoms with E-state index in [4.69, 9.17) is 0 Å². The molecule has 1 fully saturated rings. The van der Waals surface area contributed by atoms with E-state index in [0.717, 1.165) is 6.54 Å². The number of rotatable bonds is 2. The van der Waals surface area contributed by atoms with Crippen LogP contribution in [0.1, 0.15) is 18.4 Å². The fourth-order valence-electron chi connectivity index (χ4n) is 1.66. The highest BCUT2D eigenvalue weighted by Crippen LogP contribution is 2.25. The maximum absolute atomic E-state index is 4.37. The number of nitrogens with one attached hydrogen (secondary N) is 1. The molecule has 3 heteroatoms. The zero-order chi connectivity index (χ0) is 9.80. The largest absolute Gasteiger partial charge is 0.316 e. The maximum Gasteiger partial charge on any atom is 0.0965 e. The second-order valence-corrected chi connectivity index (χ2v) is 5.08. The van der Waals surface area contributed by atoms with E-state index in [-0.39, 0.29) is 0 Å². The molecule has 2 nitrogen and oxygen atoms in total. The monoisotopic (exact) mass is 208 g/mol. The Hall–Kier alpha value is -0.540. The number of pyridine rings is 1. The number of aryl methyl sites for hydroxylation is 1. The van der Waals surface area contributed by atoms with Gasteiger partial charge in [-0.25, -0.2) is 4.98 Å². The molecule has 1 aliphatic rings. The maximum atomic E-state index is 4.37. The van der Waals surface area contributed by atoms with Crippen molar-refractivity contribution < 1.29 is 0 Å². The minimum Gasteiger partial charge on any atom is -0.316 e. The smallest absolute Gasteiger partial charge is 0.0965 e. The summed E-state index contributed by atoms with van der Waals surface area (Å²) in [5.74, 6) is 0. The molecule has 2 rings (SSSR count). The van der Waals surface area contributed by atoms with Crippen molar-refractivity contribution in [1.82, 2.24) is 10.3 Å². The topological polar surface area (TPSA) is 24.9 Å². The number of thioether (sulfide) groups is 1. The number of piperidine rings is 1. The summed E-state index contributed by atoms with van der Waals surface area (Å²) in [6, 6.07) is 4.21. The minimum absolute atomic E-state index is 0.707. The third kappa shape index (κ3) is 2.72. The third-order valence-electron chi connectivity index (χ3n) is 2.43. The predicted octanol–water partition coefficient (Wildman–Crippen LogP) is 2.23. The Morgan fingerprint density at radius 1 is 1.57 bits per heavy atom. The Morgan fingerprint density at radius 3 is 3.21 bits per heavy atom. The second kappa shape index (κ2) is 4.80. The van der Waals surface area contributed by atoms with Crippen molar-refractivity contribution in [3.8, 4) is 0 Å². The molecule has 0 radical (unpaired) electrons. The number of hydrogen-bond donors (Lipinski definition) is 1. The average molecular weight is 208 g/mol. The van der Waals surface area contributed by atoms with Crippen molar-refractivity contribution in [1.29, 1.82) is 0 Å². The summed E-state index contributed by atoms with van der Waals surface area (Å²) in [5.41, 5.74) is 1.30. The van der Waals surface area contributed by atoms with Gasteiger partial charge >= 0.3 is 0 Å². The van der Waals surface area contributed by atoms with Gasteiger partial charge < -0.3 is 5.32 Å². The van der Waals surface area contributed by atoms with E-state index < -0.39 is 0 Å². The molecule has 1 aromatic heterocycles. The van der Waals surface area contributed by atoms with E-state index in [1.54, 1.807) is 0 Å². The highest BCUT2D eigenvalue weighted by Gasteiger charge is 2.14. The van der Waals surface area contributed by atoms with Crippen LogP contribution in [0.25, 0.3) is 0 Å². The quantitative estimate of drug-likeness (QED) is 0.807. The second-order valence-electron chi connectivity index (χ2n) is 3.76. The van der Waals surface area contributed by atoms with Crippen LogP contribution < -0.4 is 5.32 Å². The summed E-state index contributed by atoms with van der Waals surface area (Å²) in [6.45, 7) is 4.42. The van der Waals surface area contributed by atoms with Gasteiger partial charge in [-0.2, -0.15) is 0 Å². The van der Waals surface area contributed by atoms with E-state index >= 15 is 0 Å². The minimum atomic E-state index is 0.707. The molecule has 0 aromatic carbocycles. The molecule has 1 aliphatic heterocycles. The van der Waals surface area contributed by atoms with Gasteiger partial charge in [0.15, 0.2) is 0 Å². The SMILES string of the molecule is Cc1ccnc(S[C@@H]2CCCNC2)c1. The van der Waals surface area contributed by atoms with E-state index in [2.05, 4.69) is 23.3 Å². The van der Waals surface area contributed by atoms with Crippen molar-refractivity contribution in [2.24, 2.45) is 0 Å². The lowest BCUT2D eigenvalue weighted by molar-refractivity contribution is 0.531. The predicted molar refractivity (Wildman–Crippen MR) is 60.7 cm³/mol. The van der Waals surface area contributed by atoms with Gasteiger partial charge in [0.25, 0.3) is 0 Å². The standard InChI is InChI=1S/C11H16N2S/c1-9-4-6-13-11(7-9)14-10-3-2-5-12-8-10/h4,6-7,10,12H,2-3,5,8H2,1H3/t10-/m1/s1. The van der Waals surface area contributed by atoms with E-state index in [9.17, 15) is 0 Å². The number of nitrogens with zero attached hydrogens (tertiary/aromatic N) is 1. The number of aromatic nitrogens is 1. The first-order chi connectivity index (χ1) is 6.84. The lowest BCUT2D eigenvalue weighted by atomic mass is 10.2. The van der Waals surface area contributed by atoms with Gasteiger partial charge in [-0.15, -0.1) is 11.8 Å². The molecule has 0 unspecified atom stereocenters. The molecule has 76 valence electrons. The fraction of sp³-hybridized carbons (Fsp3) is 0.545. The van der Waals surface area contributed by atoms with Gasteiger partial charge in [-0.1, -0.05) is 0 Å². The van der Waals surface area contributed by atoms with E-state index in [1.807, 2.05) is 24.0 Å². The van der Waals surface area contributed by atoms with Gasteiger partial charge in [-0.05, 0) is 44.0 Å². The van der Waals surface area contributed by atoms with Crippen molar-refractivity contribution in [3.05, 3.63) is 23.9 Å². The Balaban J connectivity index is 1.95. The fourth-order valence-corrected chi connectivity index (χ4v) is 2.87. The Kier molecular flexibility index (Phi) is 3.43. The van der Waals surface area contributed by atoms with Gasteiger partial charge in [-0.3, -0.25) is 0 Å². The van der Waals surface area contributed by atoms with Crippen LogP contribution in [-0.2, 0) is 0 Å². The first-order valence-corrected chi connectivity index (χ1v) is 6.02. The molecule has 0 bridgehead atoms. The molecule has 1 N–H and O–H groups in total. The normalized spacial score (nSPS) is 22.2. The molecule has 1 atom stereocenters. The summed E-state index contributed by atoms with van der Waals surface area (Å²) in [6.07, 6.45) is 4.50. The van der Waals surface area contributed by atoms with Crippen LogP contribution >= 0.6 is 11.8 Å². The number of hydrogen-bond acceptors (Lipinski definition) is 3. The summed E-state index contributed by atoms with van der Waals surface area (Å²) in [7, 11) is 0. The van der Waals surface area contributed by atoms with Crippen LogP contribution in [0.5, 0.6) is 0 Å². The Labute approximate surface area is 89.5 Å². The van der Waals surface area contributed by atoms with Crippen molar-refractivity contribution in [2.45, 2.75) is 30.0 Å². The van der Waals surface area contributed by atoms with Crippen LogP contribution in [0.3, 0.4) is 0 Å². The summed E-state index contributed by atoms with van der Waals surface area (Å²) in [5, 5.41) is 5.29. The first-order valence-electron chi connectivity index (χ1n) is 5.14. The van der Waals surface area contributed by atoms with Crippen LogP contribution in [0.2, 0.25) is 0 Å². The molecule has 0 spiro atoms. The van der Waals surface area contributed by atoms with Gasteiger partial charge in [0.2, 0.25) is 0 Å². The lowest BCUT2D eigenvalue weighted by Gasteiger charge is -2.21. The van der Waals surface area contributed by atoms with Gasteiger partial charge in [0.05, 0.1) is 5.03 Å². The zero-order valence-corrected chi connectivity index (χ0v) is 9.31. The molecule has 2 heterocycles. The van der Waals surface area contributed by atoms with Crippen LogP contribution in [0.15, 0.2) is 23.4 Å². The molecule has 0 saturated carbocycles. The average Bonchev–Trinajstić information content (AvgIpc) is 2.19. The lowest BCUT2D eigenvalue weighted by Crippen LogP contribution is -2.31. The molecule has 0 amide bonds. The molecule has 14 heavy (non-hydrogen) atoms. The van der Waals surface area contributed by atoms with Gasteiger partial charge in [0, 0.05) is 18.0 Å². The highest BCUT2D eigenvalue weighted by molar-refractivity contribution is 7.99. The Bertz CT molecular complexity index is 295. The van der Waals surface area contributed by atoms with Crippen molar-refractivity contribution in [3.63, 3.8) is 0 Å². The van der Waals surface area contributed by atoms with E-state index in [1.165, 1.54) is 30.0 Å². The van der Waals surface area contributed by atoms with Crippen molar-refractivity contribution in [2.75, 3.05) is 13.1 Å². The molecular weight excluding hydrogens is 192 g/mol. The summed E-state index contributed by atoms with van der Waals surface area (Å²) < 4.78 is 0. The molecular formula is C11H16N2S. The summed E-state index contributed by atoms with van der Waals surface area (Å²) in [4.78, 5) is 4.37.